The lowest BCUT2D eigenvalue weighted by atomic mass is 10.0. The maximum Gasteiger partial charge on any atom is 0.472 e. The van der Waals surface area contributed by atoms with Crippen molar-refractivity contribution in [1.82, 2.24) is 0 Å². The summed E-state index contributed by atoms with van der Waals surface area (Å²) in [5.41, 5.74) is 0. The second-order valence-electron chi connectivity index (χ2n) is 26.1. The number of esters is 3. The molecule has 103 heavy (non-hydrogen) atoms. The van der Waals surface area contributed by atoms with Gasteiger partial charge in [-0.2, -0.15) is 0 Å². The Labute approximate surface area is 625 Å². The molecule has 18 heteroatoms. The van der Waals surface area contributed by atoms with E-state index >= 15 is 0 Å². The van der Waals surface area contributed by atoms with Crippen LogP contribution < -0.4 is 0 Å². The number of rotatable bonds is 74. The van der Waals surface area contributed by atoms with Crippen LogP contribution in [0.5, 0.6) is 0 Å². The van der Waals surface area contributed by atoms with E-state index in [1.165, 1.54) is 83.5 Å². The Bertz CT molecular complexity index is 2500. The van der Waals surface area contributed by atoms with Crippen LogP contribution in [0.4, 0.5) is 0 Å². The van der Waals surface area contributed by atoms with Gasteiger partial charge >= 0.3 is 33.6 Å². The Morgan fingerprint density at radius 2 is 0.515 bits per heavy atom. The third-order valence-electron chi connectivity index (χ3n) is 16.2. The zero-order chi connectivity index (χ0) is 75.2. The number of unbranched alkanes of at least 4 members (excludes halogenated alkanes) is 25. The van der Waals surface area contributed by atoms with Gasteiger partial charge in [0.25, 0.3) is 0 Å². The van der Waals surface area contributed by atoms with E-state index in [-0.39, 0.29) is 19.3 Å². The molecular formula is C85H142O16P2. The molecule has 0 fully saturated rings. The monoisotopic (exact) mass is 1480 g/mol. The topological polar surface area (TPSA) is 231 Å². The van der Waals surface area contributed by atoms with Crippen molar-refractivity contribution in [1.29, 1.82) is 0 Å². The van der Waals surface area contributed by atoms with Gasteiger partial charge in [0, 0.05) is 19.3 Å². The number of ether oxygens (including phenoxy) is 3. The normalized spacial score (nSPS) is 14.8. The van der Waals surface area contributed by atoms with E-state index in [4.69, 9.17) is 32.3 Å². The van der Waals surface area contributed by atoms with Crippen LogP contribution in [0.25, 0.3) is 0 Å². The van der Waals surface area contributed by atoms with E-state index in [1.54, 1.807) is 0 Å². The molecule has 5 unspecified atom stereocenters. The van der Waals surface area contributed by atoms with Crippen molar-refractivity contribution in [3.8, 4) is 0 Å². The van der Waals surface area contributed by atoms with Gasteiger partial charge in [-0.1, -0.05) is 294 Å². The molecule has 0 rings (SSSR count). The largest absolute Gasteiger partial charge is 0.472 e. The molecule has 0 aromatic rings. The number of phosphoric acid groups is 2. The molecule has 588 valence electrons. The second kappa shape index (κ2) is 76.8. The van der Waals surface area contributed by atoms with Gasteiger partial charge in [0.1, 0.15) is 25.4 Å². The van der Waals surface area contributed by atoms with E-state index < -0.39 is 91.5 Å². The predicted molar refractivity (Wildman–Crippen MR) is 426 cm³/mol. The van der Waals surface area contributed by atoms with Gasteiger partial charge in [-0.3, -0.25) is 32.5 Å². The Kier molecular flexibility index (Phi) is 73.2. The van der Waals surface area contributed by atoms with Crippen LogP contribution in [0.3, 0.4) is 0 Å². The third-order valence-corrected chi connectivity index (χ3v) is 18.1. The summed E-state index contributed by atoms with van der Waals surface area (Å²) in [7, 11) is -9.82. The van der Waals surface area contributed by atoms with Gasteiger partial charge < -0.3 is 34.2 Å². The average Bonchev–Trinajstić information content (AvgIpc) is 0.924. The van der Waals surface area contributed by atoms with Crippen LogP contribution in [0.15, 0.2) is 158 Å². The molecule has 0 aromatic carbocycles. The van der Waals surface area contributed by atoms with E-state index in [1.807, 2.05) is 0 Å². The van der Waals surface area contributed by atoms with Gasteiger partial charge in [-0.25, -0.2) is 9.13 Å². The van der Waals surface area contributed by atoms with Gasteiger partial charge in [-0.05, 0) is 148 Å². The Morgan fingerprint density at radius 1 is 0.282 bits per heavy atom. The number of phosphoric ester groups is 2. The first kappa shape index (κ1) is 98.2. The molecule has 5 atom stereocenters. The number of carbonyl (C=O) groups is 3. The SMILES string of the molecule is CC/C=C\C/C=C\C/C=C\C/C=C\C/C=C\C/C=C\CCCCC(=O)OCC(COP(=O)(O)OCC(O)COP(=O)(O)OCC(O)COC(=O)CCCCCCCCCCCCCCC/C=C\C/C=C\C/C=C\C/C=C\CCCCC)OC(=O)CCCCCCCCC/C=C\C/C=C\C/C=C\CC. The lowest BCUT2D eigenvalue weighted by molar-refractivity contribution is -0.161. The van der Waals surface area contributed by atoms with E-state index in [2.05, 4.69) is 179 Å². The molecule has 0 heterocycles. The quantitative estimate of drug-likeness (QED) is 0.0146. The van der Waals surface area contributed by atoms with Crippen molar-refractivity contribution in [3.05, 3.63) is 158 Å². The van der Waals surface area contributed by atoms with Crippen molar-refractivity contribution in [2.45, 2.75) is 322 Å². The van der Waals surface area contributed by atoms with Crippen molar-refractivity contribution >= 4 is 33.6 Å². The average molecular weight is 1480 g/mol. The highest BCUT2D eigenvalue weighted by Gasteiger charge is 2.29. The summed E-state index contributed by atoms with van der Waals surface area (Å²) in [4.78, 5) is 58.7. The zero-order valence-electron chi connectivity index (χ0n) is 64.2. The number of hydrogen-bond acceptors (Lipinski definition) is 14. The second-order valence-corrected chi connectivity index (χ2v) is 29.0. The van der Waals surface area contributed by atoms with Gasteiger partial charge in [-0.15, -0.1) is 0 Å². The molecule has 0 saturated carbocycles. The molecule has 0 aliphatic heterocycles. The molecule has 0 aliphatic rings. The van der Waals surface area contributed by atoms with E-state index in [9.17, 15) is 43.5 Å². The fourth-order valence-electron chi connectivity index (χ4n) is 10.2. The minimum Gasteiger partial charge on any atom is -0.463 e. The van der Waals surface area contributed by atoms with Gasteiger partial charge in [0.05, 0.1) is 26.4 Å². The van der Waals surface area contributed by atoms with Crippen molar-refractivity contribution in [3.63, 3.8) is 0 Å². The minimum absolute atomic E-state index is 0.0781. The summed E-state index contributed by atoms with van der Waals surface area (Å²) in [6, 6.07) is 0. The van der Waals surface area contributed by atoms with Crippen LogP contribution in [0, 0.1) is 0 Å². The van der Waals surface area contributed by atoms with Crippen molar-refractivity contribution < 1.29 is 75.8 Å². The van der Waals surface area contributed by atoms with Crippen molar-refractivity contribution in [2.75, 3.05) is 39.6 Å². The maximum atomic E-state index is 13.0. The Morgan fingerprint density at radius 3 is 0.835 bits per heavy atom. The molecule has 0 bridgehead atoms. The summed E-state index contributed by atoms with van der Waals surface area (Å²) in [5, 5.41) is 20.6. The van der Waals surface area contributed by atoms with Crippen LogP contribution in [-0.2, 0) is 55.8 Å². The smallest absolute Gasteiger partial charge is 0.463 e. The summed E-state index contributed by atoms with van der Waals surface area (Å²) in [6.45, 7) is 2.36. The molecule has 0 radical (unpaired) electrons. The molecule has 0 amide bonds. The van der Waals surface area contributed by atoms with Crippen LogP contribution in [0.1, 0.15) is 303 Å². The fourth-order valence-corrected chi connectivity index (χ4v) is 11.8. The maximum absolute atomic E-state index is 13.0. The highest BCUT2D eigenvalue weighted by atomic mass is 31.2. The Balaban J connectivity index is 4.61. The first-order chi connectivity index (χ1) is 50.2. The lowest BCUT2D eigenvalue weighted by Crippen LogP contribution is -2.30. The van der Waals surface area contributed by atoms with Gasteiger partial charge in [0.15, 0.2) is 6.10 Å². The van der Waals surface area contributed by atoms with Crippen LogP contribution in [0.2, 0.25) is 0 Å². The van der Waals surface area contributed by atoms with Crippen LogP contribution in [-0.4, -0.2) is 95.9 Å². The molecule has 0 spiro atoms. The number of aliphatic hydroxyl groups is 2. The van der Waals surface area contributed by atoms with E-state index in [0.717, 1.165) is 161 Å². The molecule has 0 aromatic heterocycles. The minimum atomic E-state index is -4.95. The molecular weight excluding hydrogens is 1340 g/mol. The predicted octanol–water partition coefficient (Wildman–Crippen LogP) is 23.4. The molecule has 16 nitrogen and oxygen atoms in total. The number of hydrogen-bond donors (Lipinski definition) is 4. The summed E-state index contributed by atoms with van der Waals surface area (Å²) < 4.78 is 61.1. The standard InChI is InChI=1S/C85H142O16P2/c1-4-7-10-13-16-19-22-25-28-31-33-35-36-37-38-39-40-41-42-44-46-48-50-53-56-59-62-65-68-71-83(88)95-74-80(86)75-97-102(91,92)98-76-81(87)77-99-103(93,94)100-79-82(101-85(90)73-70-67-64-61-58-55-52-47-30-27-24-21-18-15-12-9-6-3)78-96-84(89)72-69-66-63-60-57-54-51-49-45-43-34-32-29-26-23-20-17-14-11-8-5-2/h8-9,11-12,16-21,25-30,33-35,37-38,43,49,51,57,60,80-82,86-87H,4-7,10,13-15,22-24,31-32,36,39-42,44-48,50,52-56,58-59,61-79H2,1-3H3,(H,91,92)(H,93,94)/b11-8-,12-9-,19-16-,20-17-,21-18-,28-25-,29-26-,30-27-,35-33-,38-37-,43-34-,51-49-,60-57-. The molecule has 0 saturated heterocycles. The summed E-state index contributed by atoms with van der Waals surface area (Å²) in [6.07, 6.45) is 95.8. The van der Waals surface area contributed by atoms with Crippen LogP contribution >= 0.6 is 15.6 Å². The molecule has 4 N–H and O–H groups in total. The zero-order valence-corrected chi connectivity index (χ0v) is 66.0. The van der Waals surface area contributed by atoms with E-state index in [0.29, 0.717) is 19.3 Å². The first-order valence-electron chi connectivity index (χ1n) is 39.8. The summed E-state index contributed by atoms with van der Waals surface area (Å²) >= 11 is 0. The third kappa shape index (κ3) is 78.1. The Hall–Kier alpha value is -4.83. The first-order valence-corrected chi connectivity index (χ1v) is 42.8. The number of carbonyl (C=O) groups excluding carboxylic acids is 3. The number of allylic oxidation sites excluding steroid dienone is 26. The fraction of sp³-hybridized carbons (Fsp3) is 0.659. The number of aliphatic hydroxyl groups excluding tert-OH is 2. The van der Waals surface area contributed by atoms with Gasteiger partial charge in [0.2, 0.25) is 0 Å². The lowest BCUT2D eigenvalue weighted by Gasteiger charge is -2.21. The highest BCUT2D eigenvalue weighted by Crippen LogP contribution is 2.45. The van der Waals surface area contributed by atoms with Crippen molar-refractivity contribution in [2.24, 2.45) is 0 Å². The highest BCUT2D eigenvalue weighted by molar-refractivity contribution is 7.47. The molecule has 0 aliphatic carbocycles. The summed E-state index contributed by atoms with van der Waals surface area (Å²) in [5.74, 6) is -1.64.